The topological polar surface area (TPSA) is 56.8 Å². The first-order valence-corrected chi connectivity index (χ1v) is 13.9. The van der Waals surface area contributed by atoms with Crippen molar-refractivity contribution in [3.05, 3.63) is 0 Å². The van der Waals surface area contributed by atoms with Gasteiger partial charge in [0, 0.05) is 6.42 Å². The Kier molecular flexibility index (Phi) is 21.6. The number of piperidine rings is 1. The number of ether oxygens (including phenoxy) is 3. The molecule has 0 aliphatic carbocycles. The quantitative estimate of drug-likeness (QED) is 0.139. The molecule has 0 atom stereocenters. The molecule has 32 heavy (non-hydrogen) atoms. The molecule has 1 heterocycles. The highest BCUT2D eigenvalue weighted by Crippen LogP contribution is 2.14. The van der Waals surface area contributed by atoms with Crippen LogP contribution in [-0.4, -0.2) is 51.6 Å². The summed E-state index contributed by atoms with van der Waals surface area (Å²) in [7, 11) is 0. The number of rotatable bonds is 23. The second-order valence-electron chi connectivity index (χ2n) is 9.35. The maximum Gasteiger partial charge on any atom is 0.305 e. The largest absolute Gasteiger partial charge is 0.463 e. The monoisotopic (exact) mass is 455 g/mol. The summed E-state index contributed by atoms with van der Waals surface area (Å²) in [5.74, 6) is -0.0887. The van der Waals surface area contributed by atoms with Crippen LogP contribution in [0.2, 0.25) is 0 Å². The number of hydrogen-bond donors (Lipinski definition) is 1. The molecule has 1 rings (SSSR count). The highest BCUT2D eigenvalue weighted by molar-refractivity contribution is 5.69. The molecule has 5 nitrogen and oxygen atoms in total. The summed E-state index contributed by atoms with van der Waals surface area (Å²) >= 11 is 0. The third-order valence-electron chi connectivity index (χ3n) is 6.34. The first kappa shape index (κ1) is 29.4. The molecule has 0 aromatic rings. The Balaban J connectivity index is 1.70. The summed E-state index contributed by atoms with van der Waals surface area (Å²) in [6.07, 6.45) is 23.1. The molecule has 1 saturated heterocycles. The van der Waals surface area contributed by atoms with Crippen LogP contribution in [0.3, 0.4) is 0 Å². The maximum absolute atomic E-state index is 11.8. The molecule has 1 aliphatic heterocycles. The van der Waals surface area contributed by atoms with E-state index in [2.05, 4.69) is 12.2 Å². The van der Waals surface area contributed by atoms with Gasteiger partial charge in [0.1, 0.15) is 6.61 Å². The fraction of sp³-hybridized carbons (Fsp3) is 0.963. The second kappa shape index (κ2) is 23.5. The van der Waals surface area contributed by atoms with Crippen molar-refractivity contribution in [2.45, 2.75) is 129 Å². The molecule has 0 spiro atoms. The zero-order valence-electron chi connectivity index (χ0n) is 21.2. The SMILES string of the molecule is CCCCCCCCCCCCCCCCCC(=O)OCCOCCOC1CCNCC1. The summed E-state index contributed by atoms with van der Waals surface area (Å²) in [5, 5.41) is 3.33. The van der Waals surface area contributed by atoms with E-state index in [1.165, 1.54) is 83.5 Å². The van der Waals surface area contributed by atoms with Gasteiger partial charge in [-0.15, -0.1) is 0 Å². The Labute approximate surface area is 198 Å². The predicted molar refractivity (Wildman–Crippen MR) is 133 cm³/mol. The fourth-order valence-corrected chi connectivity index (χ4v) is 4.27. The molecule has 190 valence electrons. The zero-order valence-corrected chi connectivity index (χ0v) is 21.2. The van der Waals surface area contributed by atoms with E-state index in [4.69, 9.17) is 14.2 Å². The van der Waals surface area contributed by atoms with Gasteiger partial charge in [-0.25, -0.2) is 0 Å². The fourth-order valence-electron chi connectivity index (χ4n) is 4.27. The van der Waals surface area contributed by atoms with Gasteiger partial charge in [-0.3, -0.25) is 4.79 Å². The van der Waals surface area contributed by atoms with Gasteiger partial charge in [0.05, 0.1) is 25.9 Å². The smallest absolute Gasteiger partial charge is 0.305 e. The third kappa shape index (κ3) is 20.0. The van der Waals surface area contributed by atoms with Crippen molar-refractivity contribution in [3.8, 4) is 0 Å². The van der Waals surface area contributed by atoms with Crippen molar-refractivity contribution < 1.29 is 19.0 Å². The molecule has 1 fully saturated rings. The number of esters is 1. The van der Waals surface area contributed by atoms with Gasteiger partial charge in [-0.1, -0.05) is 96.8 Å². The summed E-state index contributed by atoms with van der Waals surface area (Å²) in [4.78, 5) is 11.8. The standard InChI is InChI=1S/C27H53NO4/c1-2-3-4-5-6-7-8-9-10-11-12-13-14-15-16-17-27(29)32-25-23-30-22-24-31-26-18-20-28-21-19-26/h26,28H,2-25H2,1H3. The van der Waals surface area contributed by atoms with Crippen LogP contribution in [0.4, 0.5) is 0 Å². The average Bonchev–Trinajstić information content (AvgIpc) is 2.81. The van der Waals surface area contributed by atoms with Crippen molar-refractivity contribution in [2.24, 2.45) is 0 Å². The predicted octanol–water partition coefficient (Wildman–Crippen LogP) is 6.58. The average molecular weight is 456 g/mol. The minimum Gasteiger partial charge on any atom is -0.463 e. The molecule has 0 unspecified atom stereocenters. The molecular formula is C27H53NO4. The van der Waals surface area contributed by atoms with E-state index in [1.807, 2.05) is 0 Å². The number of carbonyl (C=O) groups is 1. The lowest BCUT2D eigenvalue weighted by Crippen LogP contribution is -2.33. The van der Waals surface area contributed by atoms with E-state index in [1.54, 1.807) is 0 Å². The van der Waals surface area contributed by atoms with E-state index in [-0.39, 0.29) is 5.97 Å². The van der Waals surface area contributed by atoms with Crippen LogP contribution in [0.5, 0.6) is 0 Å². The van der Waals surface area contributed by atoms with E-state index < -0.39 is 0 Å². The molecule has 0 aromatic carbocycles. The lowest BCUT2D eigenvalue weighted by Gasteiger charge is -2.22. The molecule has 5 heteroatoms. The summed E-state index contributed by atoms with van der Waals surface area (Å²) < 4.78 is 16.5. The first-order valence-electron chi connectivity index (χ1n) is 13.9. The number of nitrogens with one attached hydrogen (secondary N) is 1. The highest BCUT2D eigenvalue weighted by Gasteiger charge is 2.12. The van der Waals surface area contributed by atoms with Gasteiger partial charge in [-0.05, 0) is 32.4 Å². The van der Waals surface area contributed by atoms with Crippen LogP contribution in [0.1, 0.15) is 122 Å². The van der Waals surface area contributed by atoms with E-state index in [0.717, 1.165) is 38.8 Å². The Morgan fingerprint density at radius 2 is 1.19 bits per heavy atom. The highest BCUT2D eigenvalue weighted by atomic mass is 16.6. The zero-order chi connectivity index (χ0) is 23.0. The van der Waals surface area contributed by atoms with Crippen LogP contribution in [-0.2, 0) is 19.0 Å². The first-order chi connectivity index (χ1) is 15.8. The van der Waals surface area contributed by atoms with Gasteiger partial charge in [0.2, 0.25) is 0 Å². The van der Waals surface area contributed by atoms with Gasteiger partial charge in [-0.2, -0.15) is 0 Å². The van der Waals surface area contributed by atoms with E-state index in [9.17, 15) is 4.79 Å². The lowest BCUT2D eigenvalue weighted by atomic mass is 10.0. The number of unbranched alkanes of at least 4 members (excludes halogenated alkanes) is 14. The summed E-state index contributed by atoms with van der Waals surface area (Å²) in [6.45, 7) is 6.37. The van der Waals surface area contributed by atoms with Crippen molar-refractivity contribution in [1.29, 1.82) is 0 Å². The normalized spacial score (nSPS) is 14.7. The van der Waals surface area contributed by atoms with Crippen molar-refractivity contribution >= 4 is 5.97 Å². The minimum absolute atomic E-state index is 0.0887. The molecule has 1 N–H and O–H groups in total. The second-order valence-corrected chi connectivity index (χ2v) is 9.35. The molecule has 0 radical (unpaired) electrons. The molecule has 0 amide bonds. The molecule has 0 bridgehead atoms. The summed E-state index contributed by atoms with van der Waals surface area (Å²) in [5.41, 5.74) is 0. The maximum atomic E-state index is 11.8. The molecular weight excluding hydrogens is 402 g/mol. The Hall–Kier alpha value is -0.650. The van der Waals surface area contributed by atoms with Crippen LogP contribution in [0, 0.1) is 0 Å². The molecule has 0 aromatic heterocycles. The van der Waals surface area contributed by atoms with Crippen molar-refractivity contribution in [2.75, 3.05) is 39.5 Å². The number of carbonyl (C=O) groups excluding carboxylic acids is 1. The van der Waals surface area contributed by atoms with Gasteiger partial charge in [0.25, 0.3) is 0 Å². The Morgan fingerprint density at radius 3 is 1.75 bits per heavy atom. The van der Waals surface area contributed by atoms with E-state index in [0.29, 0.717) is 39.0 Å². The van der Waals surface area contributed by atoms with Gasteiger partial charge >= 0.3 is 5.97 Å². The summed E-state index contributed by atoms with van der Waals surface area (Å²) in [6, 6.07) is 0. The number of hydrogen-bond acceptors (Lipinski definition) is 5. The minimum atomic E-state index is -0.0887. The van der Waals surface area contributed by atoms with Crippen LogP contribution < -0.4 is 5.32 Å². The van der Waals surface area contributed by atoms with E-state index >= 15 is 0 Å². The van der Waals surface area contributed by atoms with Crippen LogP contribution >= 0.6 is 0 Å². The van der Waals surface area contributed by atoms with Gasteiger partial charge < -0.3 is 19.5 Å². The lowest BCUT2D eigenvalue weighted by molar-refractivity contribution is -0.145. The third-order valence-corrected chi connectivity index (χ3v) is 6.34. The van der Waals surface area contributed by atoms with Crippen LogP contribution in [0.15, 0.2) is 0 Å². The molecule has 1 aliphatic rings. The molecule has 0 saturated carbocycles. The van der Waals surface area contributed by atoms with Crippen molar-refractivity contribution in [3.63, 3.8) is 0 Å². The van der Waals surface area contributed by atoms with Crippen molar-refractivity contribution in [1.82, 2.24) is 5.32 Å². The Bertz CT molecular complexity index is 399. The van der Waals surface area contributed by atoms with Gasteiger partial charge in [0.15, 0.2) is 0 Å². The van der Waals surface area contributed by atoms with Crippen LogP contribution in [0.25, 0.3) is 0 Å². The Morgan fingerprint density at radius 1 is 0.688 bits per heavy atom.